The van der Waals surface area contributed by atoms with Crippen LogP contribution in [0.15, 0.2) is 30.0 Å². The van der Waals surface area contributed by atoms with Crippen LogP contribution in [-0.4, -0.2) is 18.7 Å². The predicted octanol–water partition coefficient (Wildman–Crippen LogP) is 5.09. The van der Waals surface area contributed by atoms with Crippen molar-refractivity contribution in [2.24, 2.45) is 11.1 Å². The molecule has 4 heteroatoms. The molecule has 1 aromatic carbocycles. The molecule has 0 spiro atoms. The van der Waals surface area contributed by atoms with Crippen molar-refractivity contribution in [2.75, 3.05) is 6.54 Å². The summed E-state index contributed by atoms with van der Waals surface area (Å²) in [5, 5.41) is 6.78. The van der Waals surface area contributed by atoms with Crippen LogP contribution in [0.25, 0.3) is 0 Å². The molecule has 1 fully saturated rings. The van der Waals surface area contributed by atoms with Gasteiger partial charge in [-0.15, -0.1) is 11.5 Å². The first-order chi connectivity index (χ1) is 11.3. The maximum atomic E-state index is 11.0. The first-order valence-corrected chi connectivity index (χ1v) is 8.83. The van der Waals surface area contributed by atoms with Crippen LogP contribution >= 0.6 is 0 Å². The Bertz CT molecular complexity index is 600. The van der Waals surface area contributed by atoms with Gasteiger partial charge in [0.25, 0.3) is 0 Å². The lowest BCUT2D eigenvalue weighted by Gasteiger charge is -2.42. The monoisotopic (exact) mass is 330 g/mol. The van der Waals surface area contributed by atoms with E-state index in [1.165, 1.54) is 24.0 Å². The lowest BCUT2D eigenvalue weighted by Crippen LogP contribution is -2.47. The van der Waals surface area contributed by atoms with Crippen LogP contribution in [0.4, 0.5) is 5.69 Å². The van der Waals surface area contributed by atoms with Crippen LogP contribution in [0, 0.1) is 10.8 Å². The van der Waals surface area contributed by atoms with Crippen LogP contribution in [-0.2, 0) is 6.42 Å². The van der Waals surface area contributed by atoms with E-state index in [1.54, 1.807) is 0 Å². The van der Waals surface area contributed by atoms with E-state index in [4.69, 9.17) is 4.74 Å². The van der Waals surface area contributed by atoms with Crippen molar-refractivity contribution in [3.8, 4) is 5.75 Å². The number of hydrogen-bond acceptors (Lipinski definition) is 4. The molecule has 0 aromatic heterocycles. The fourth-order valence-corrected chi connectivity index (χ4v) is 4.54. The van der Waals surface area contributed by atoms with Crippen LogP contribution in [0.3, 0.4) is 0 Å². The molecular weight excluding hydrogens is 300 g/mol. The van der Waals surface area contributed by atoms with Crippen molar-refractivity contribution in [3.05, 3.63) is 40.8 Å². The molecule has 1 aromatic rings. The van der Waals surface area contributed by atoms with Gasteiger partial charge in [0.1, 0.15) is 11.8 Å². The van der Waals surface area contributed by atoms with E-state index in [0.29, 0.717) is 23.6 Å². The molecular formula is C20H30N2O2. The van der Waals surface area contributed by atoms with Gasteiger partial charge in [0.05, 0.1) is 0 Å². The van der Waals surface area contributed by atoms with E-state index in [0.717, 1.165) is 25.1 Å². The first kappa shape index (κ1) is 18.7. The van der Waals surface area contributed by atoms with Gasteiger partial charge in [-0.05, 0) is 48.4 Å². The zero-order valence-corrected chi connectivity index (χ0v) is 14.0. The summed E-state index contributed by atoms with van der Waals surface area (Å²) in [5.74, 6) is 1.80. The molecule has 1 aliphatic heterocycles. The minimum Gasteiger partial charge on any atom is -0.487 e. The van der Waals surface area contributed by atoms with E-state index >= 15 is 0 Å². The Morgan fingerprint density at radius 1 is 1.38 bits per heavy atom. The summed E-state index contributed by atoms with van der Waals surface area (Å²) in [7, 11) is 0. The molecule has 0 bridgehead atoms. The zero-order valence-electron chi connectivity index (χ0n) is 14.0. The van der Waals surface area contributed by atoms with E-state index < -0.39 is 0 Å². The zero-order chi connectivity index (χ0) is 16.4. The summed E-state index contributed by atoms with van der Waals surface area (Å²) >= 11 is 0. The Labute approximate surface area is 145 Å². The Kier molecular flexibility index (Phi) is 6.16. The summed E-state index contributed by atoms with van der Waals surface area (Å²) in [5.41, 5.74) is 3.07. The summed E-state index contributed by atoms with van der Waals surface area (Å²) in [6.07, 6.45) is 6.68. The minimum absolute atomic E-state index is 0. The standard InChI is InChI=1S/C17H20N2O2.C2H6.CH4/c1-2-8-18-13-9-10-6-7-12(19-20)17-15(10)16-11(13)4-3-5-14(16)21-17;1-2;/h2,6-7,11,13-14,16,18H,1,3-5,8-9H2;1-2H3;1H4. The molecule has 2 aliphatic carbocycles. The number of nitroso groups, excluding NO2 is 1. The maximum absolute atomic E-state index is 11.0. The van der Waals surface area contributed by atoms with Gasteiger partial charge >= 0.3 is 0 Å². The van der Waals surface area contributed by atoms with Crippen molar-refractivity contribution >= 4 is 5.69 Å². The molecule has 0 radical (unpaired) electrons. The van der Waals surface area contributed by atoms with Gasteiger partial charge in [-0.1, -0.05) is 33.4 Å². The maximum Gasteiger partial charge on any atom is 0.152 e. The molecule has 4 rings (SSSR count). The summed E-state index contributed by atoms with van der Waals surface area (Å²) in [6.45, 7) is 8.65. The van der Waals surface area contributed by atoms with Gasteiger partial charge in [0, 0.05) is 24.1 Å². The molecule has 1 N–H and O–H groups in total. The number of ether oxygens (including phenoxy) is 1. The molecule has 3 aliphatic rings. The van der Waals surface area contributed by atoms with Crippen LogP contribution < -0.4 is 10.1 Å². The van der Waals surface area contributed by atoms with E-state index in [1.807, 2.05) is 26.0 Å². The topological polar surface area (TPSA) is 50.7 Å². The van der Waals surface area contributed by atoms with Crippen molar-refractivity contribution < 1.29 is 4.74 Å². The first-order valence-electron chi connectivity index (χ1n) is 8.83. The van der Waals surface area contributed by atoms with Gasteiger partial charge in [0.2, 0.25) is 0 Å². The van der Waals surface area contributed by atoms with Crippen LogP contribution in [0.2, 0.25) is 0 Å². The van der Waals surface area contributed by atoms with Crippen molar-refractivity contribution in [2.45, 2.75) is 65.0 Å². The van der Waals surface area contributed by atoms with Crippen LogP contribution in [0.1, 0.15) is 57.6 Å². The van der Waals surface area contributed by atoms with E-state index in [9.17, 15) is 4.91 Å². The van der Waals surface area contributed by atoms with Gasteiger partial charge in [0.15, 0.2) is 5.75 Å². The van der Waals surface area contributed by atoms with Crippen molar-refractivity contribution in [1.29, 1.82) is 0 Å². The molecule has 24 heavy (non-hydrogen) atoms. The largest absolute Gasteiger partial charge is 0.487 e. The van der Waals surface area contributed by atoms with E-state index in [2.05, 4.69) is 23.1 Å². The Morgan fingerprint density at radius 3 is 2.88 bits per heavy atom. The lowest BCUT2D eigenvalue weighted by atomic mass is 9.65. The Balaban J connectivity index is 0.000000670. The minimum atomic E-state index is 0. The number of hydrogen-bond donors (Lipinski definition) is 1. The van der Waals surface area contributed by atoms with E-state index in [-0.39, 0.29) is 13.5 Å². The molecule has 0 amide bonds. The second kappa shape index (κ2) is 7.93. The van der Waals surface area contributed by atoms with Crippen molar-refractivity contribution in [3.63, 3.8) is 0 Å². The quantitative estimate of drug-likeness (QED) is 0.618. The average molecular weight is 330 g/mol. The third-order valence-corrected chi connectivity index (χ3v) is 5.34. The highest BCUT2D eigenvalue weighted by molar-refractivity contribution is 5.63. The molecule has 4 nitrogen and oxygen atoms in total. The average Bonchev–Trinajstić information content (AvgIpc) is 3.00. The highest BCUT2D eigenvalue weighted by Gasteiger charge is 2.49. The lowest BCUT2D eigenvalue weighted by molar-refractivity contribution is 0.104. The summed E-state index contributed by atoms with van der Waals surface area (Å²) < 4.78 is 6.14. The van der Waals surface area contributed by atoms with Gasteiger partial charge in [-0.2, -0.15) is 0 Å². The van der Waals surface area contributed by atoms with Gasteiger partial charge in [-0.25, -0.2) is 0 Å². The summed E-state index contributed by atoms with van der Waals surface area (Å²) in [4.78, 5) is 11.0. The second-order valence-corrected chi connectivity index (χ2v) is 6.36. The third kappa shape index (κ3) is 2.88. The highest BCUT2D eigenvalue weighted by atomic mass is 16.5. The third-order valence-electron chi connectivity index (χ3n) is 5.34. The summed E-state index contributed by atoms with van der Waals surface area (Å²) in [6, 6.07) is 4.35. The SMILES string of the molecule is C.C=CCNC1Cc2ccc(N=O)c3c2C2C(CCCC12)O3.CC. The molecule has 1 saturated carbocycles. The van der Waals surface area contributed by atoms with Gasteiger partial charge < -0.3 is 10.1 Å². The highest BCUT2D eigenvalue weighted by Crippen LogP contribution is 2.56. The fraction of sp³-hybridized carbons (Fsp3) is 0.600. The molecule has 4 atom stereocenters. The number of benzene rings is 1. The number of rotatable bonds is 4. The smallest absolute Gasteiger partial charge is 0.152 e. The second-order valence-electron chi connectivity index (χ2n) is 6.36. The predicted molar refractivity (Wildman–Crippen MR) is 100 cm³/mol. The Hall–Kier alpha value is -1.68. The molecule has 132 valence electrons. The Morgan fingerprint density at radius 2 is 2.17 bits per heavy atom. The fourth-order valence-electron chi connectivity index (χ4n) is 4.54. The number of nitrogens with one attached hydrogen (secondary N) is 1. The van der Waals surface area contributed by atoms with Gasteiger partial charge in [-0.3, -0.25) is 0 Å². The molecule has 0 saturated heterocycles. The molecule has 4 unspecified atom stereocenters. The number of nitrogens with zero attached hydrogens (tertiary/aromatic N) is 1. The normalized spacial score (nSPS) is 28.4. The van der Waals surface area contributed by atoms with Crippen LogP contribution in [0.5, 0.6) is 5.75 Å². The molecule has 1 heterocycles. The van der Waals surface area contributed by atoms with Crippen molar-refractivity contribution in [1.82, 2.24) is 5.32 Å².